The minimum Gasteiger partial charge on any atom is -0.300 e. The molecule has 0 saturated heterocycles. The largest absolute Gasteiger partial charge is 0.300 e. The summed E-state index contributed by atoms with van der Waals surface area (Å²) in [6.07, 6.45) is 0. The fourth-order valence-corrected chi connectivity index (χ4v) is 1.58. The maximum absolute atomic E-state index is 10.8. The second kappa shape index (κ2) is 4.13. The highest BCUT2D eigenvalue weighted by molar-refractivity contribution is 9.11. The molecule has 0 spiro atoms. The van der Waals surface area contributed by atoms with Crippen molar-refractivity contribution < 1.29 is 4.79 Å². The number of aromatic nitrogens is 2. The number of carbonyl (C=O) groups excluding carboxylic acids is 1. The van der Waals surface area contributed by atoms with Gasteiger partial charge in [-0.3, -0.25) is 10.1 Å². The molecule has 0 aliphatic heterocycles. The molecule has 0 atom stereocenters. The van der Waals surface area contributed by atoms with Gasteiger partial charge in [0.2, 0.25) is 11.0 Å². The molecule has 1 amide bonds. The molecule has 1 N–H and O–H groups in total. The van der Waals surface area contributed by atoms with Gasteiger partial charge in [-0.15, -0.1) is 10.2 Å². The van der Waals surface area contributed by atoms with E-state index in [1.165, 1.54) is 11.3 Å². The molecular formula is C4H3Br2N3OS. The van der Waals surface area contributed by atoms with Crippen LogP contribution in [0, 0.1) is 0 Å². The summed E-state index contributed by atoms with van der Waals surface area (Å²) < 4.78 is 0.655. The van der Waals surface area contributed by atoms with Gasteiger partial charge in [0, 0.05) is 0 Å². The Labute approximate surface area is 83.7 Å². The second-order valence-corrected chi connectivity index (χ2v) is 4.36. The van der Waals surface area contributed by atoms with Crippen LogP contribution in [0.2, 0.25) is 0 Å². The van der Waals surface area contributed by atoms with Gasteiger partial charge in [-0.1, -0.05) is 27.3 Å². The van der Waals surface area contributed by atoms with Crippen LogP contribution in [-0.2, 0) is 4.79 Å². The van der Waals surface area contributed by atoms with Gasteiger partial charge in [0.25, 0.3) is 0 Å². The first kappa shape index (κ1) is 9.08. The monoisotopic (exact) mass is 299 g/mol. The van der Waals surface area contributed by atoms with Gasteiger partial charge >= 0.3 is 0 Å². The van der Waals surface area contributed by atoms with E-state index in [9.17, 15) is 4.79 Å². The number of halogens is 2. The quantitative estimate of drug-likeness (QED) is 0.845. The average molecular weight is 301 g/mol. The lowest BCUT2D eigenvalue weighted by Gasteiger charge is -1.92. The number of amides is 1. The zero-order valence-electron chi connectivity index (χ0n) is 5.17. The predicted molar refractivity (Wildman–Crippen MR) is 50.0 cm³/mol. The number of nitrogens with one attached hydrogen (secondary N) is 1. The number of alkyl halides is 1. The Morgan fingerprint density at radius 3 is 2.82 bits per heavy atom. The molecule has 0 unspecified atom stereocenters. The standard InChI is InChI=1S/C4H3Br2N3OS/c5-1-2(10)7-4-9-8-3(6)11-4/h1H2,(H,7,9,10). The third-order valence-corrected chi connectivity index (χ3v) is 2.55. The molecule has 0 aliphatic carbocycles. The Morgan fingerprint density at radius 1 is 1.64 bits per heavy atom. The summed E-state index contributed by atoms with van der Waals surface area (Å²) in [5.74, 6) is -0.131. The van der Waals surface area contributed by atoms with Crippen molar-refractivity contribution >= 4 is 54.2 Å². The molecule has 1 rings (SSSR count). The van der Waals surface area contributed by atoms with Crippen molar-refractivity contribution in [3.8, 4) is 0 Å². The topological polar surface area (TPSA) is 54.9 Å². The average Bonchev–Trinajstić information content (AvgIpc) is 2.35. The summed E-state index contributed by atoms with van der Waals surface area (Å²) in [5.41, 5.74) is 0. The van der Waals surface area contributed by atoms with Gasteiger partial charge in [0.1, 0.15) is 0 Å². The van der Waals surface area contributed by atoms with E-state index in [0.29, 0.717) is 9.05 Å². The summed E-state index contributed by atoms with van der Waals surface area (Å²) in [4.78, 5) is 10.8. The predicted octanol–water partition coefficient (Wildman–Crippen LogP) is 1.63. The SMILES string of the molecule is O=C(CBr)Nc1nnc(Br)s1. The van der Waals surface area contributed by atoms with Crippen molar-refractivity contribution in [1.82, 2.24) is 10.2 Å². The van der Waals surface area contributed by atoms with Gasteiger partial charge < -0.3 is 0 Å². The summed E-state index contributed by atoms with van der Waals surface area (Å²) in [6, 6.07) is 0. The number of hydrogen-bond acceptors (Lipinski definition) is 4. The van der Waals surface area contributed by atoms with E-state index in [-0.39, 0.29) is 11.2 Å². The fourth-order valence-electron chi connectivity index (χ4n) is 0.409. The Kier molecular flexibility index (Phi) is 3.41. The van der Waals surface area contributed by atoms with Crippen LogP contribution in [-0.4, -0.2) is 21.4 Å². The van der Waals surface area contributed by atoms with Crippen LogP contribution in [0.15, 0.2) is 3.92 Å². The number of rotatable bonds is 2. The first-order chi connectivity index (χ1) is 5.22. The summed E-state index contributed by atoms with van der Waals surface area (Å²) in [7, 11) is 0. The van der Waals surface area contributed by atoms with E-state index in [1.54, 1.807) is 0 Å². The smallest absolute Gasteiger partial charge is 0.236 e. The lowest BCUT2D eigenvalue weighted by Crippen LogP contribution is -2.11. The molecule has 11 heavy (non-hydrogen) atoms. The van der Waals surface area contributed by atoms with E-state index >= 15 is 0 Å². The highest BCUT2D eigenvalue weighted by atomic mass is 79.9. The Hall–Kier alpha value is -0.0100. The highest BCUT2D eigenvalue weighted by Crippen LogP contribution is 2.19. The third kappa shape index (κ3) is 2.84. The Balaban J connectivity index is 2.57. The van der Waals surface area contributed by atoms with Crippen LogP contribution in [0.4, 0.5) is 5.13 Å². The van der Waals surface area contributed by atoms with Gasteiger partial charge in [-0.05, 0) is 15.9 Å². The number of hydrogen-bond donors (Lipinski definition) is 1. The van der Waals surface area contributed by atoms with Crippen LogP contribution >= 0.6 is 43.2 Å². The highest BCUT2D eigenvalue weighted by Gasteiger charge is 2.03. The molecule has 0 saturated carbocycles. The fraction of sp³-hybridized carbons (Fsp3) is 0.250. The molecule has 0 radical (unpaired) electrons. The van der Waals surface area contributed by atoms with Gasteiger partial charge in [-0.25, -0.2) is 0 Å². The van der Waals surface area contributed by atoms with Gasteiger partial charge in [0.15, 0.2) is 3.92 Å². The van der Waals surface area contributed by atoms with E-state index in [2.05, 4.69) is 47.4 Å². The molecule has 1 aromatic rings. The number of anilines is 1. The molecule has 1 heterocycles. The second-order valence-electron chi connectivity index (χ2n) is 1.54. The van der Waals surface area contributed by atoms with Crippen molar-refractivity contribution in [2.24, 2.45) is 0 Å². The molecule has 0 bridgehead atoms. The van der Waals surface area contributed by atoms with Crippen molar-refractivity contribution in [2.75, 3.05) is 10.6 Å². The van der Waals surface area contributed by atoms with Gasteiger partial charge in [0.05, 0.1) is 5.33 Å². The first-order valence-electron chi connectivity index (χ1n) is 2.57. The van der Waals surface area contributed by atoms with Crippen LogP contribution in [0.3, 0.4) is 0 Å². The molecule has 0 fully saturated rings. The van der Waals surface area contributed by atoms with Crippen molar-refractivity contribution in [3.63, 3.8) is 0 Å². The van der Waals surface area contributed by atoms with E-state index in [0.717, 1.165) is 0 Å². The lowest BCUT2D eigenvalue weighted by atomic mass is 10.7. The van der Waals surface area contributed by atoms with E-state index < -0.39 is 0 Å². The van der Waals surface area contributed by atoms with Crippen molar-refractivity contribution in [3.05, 3.63) is 3.92 Å². The summed E-state index contributed by atoms with van der Waals surface area (Å²) >= 11 is 7.41. The van der Waals surface area contributed by atoms with Crippen molar-refractivity contribution in [1.29, 1.82) is 0 Å². The first-order valence-corrected chi connectivity index (χ1v) is 5.30. The number of carbonyl (C=O) groups is 1. The van der Waals surface area contributed by atoms with Crippen LogP contribution < -0.4 is 5.32 Å². The molecule has 7 heteroatoms. The zero-order valence-corrected chi connectivity index (χ0v) is 9.16. The van der Waals surface area contributed by atoms with Crippen LogP contribution in [0.5, 0.6) is 0 Å². The van der Waals surface area contributed by atoms with Crippen LogP contribution in [0.1, 0.15) is 0 Å². The maximum atomic E-state index is 10.8. The zero-order chi connectivity index (χ0) is 8.27. The molecule has 1 aromatic heterocycles. The van der Waals surface area contributed by atoms with Crippen LogP contribution in [0.25, 0.3) is 0 Å². The molecule has 4 nitrogen and oxygen atoms in total. The van der Waals surface area contributed by atoms with E-state index in [4.69, 9.17) is 0 Å². The van der Waals surface area contributed by atoms with E-state index in [1.807, 2.05) is 0 Å². The molecule has 60 valence electrons. The molecule has 0 aromatic carbocycles. The lowest BCUT2D eigenvalue weighted by molar-refractivity contribution is -0.113. The van der Waals surface area contributed by atoms with Gasteiger partial charge in [-0.2, -0.15) is 0 Å². The van der Waals surface area contributed by atoms with Crippen molar-refractivity contribution in [2.45, 2.75) is 0 Å². The minimum absolute atomic E-state index is 0.131. The summed E-state index contributed by atoms with van der Waals surface area (Å²) in [5, 5.41) is 10.6. The summed E-state index contributed by atoms with van der Waals surface area (Å²) in [6.45, 7) is 0. The maximum Gasteiger partial charge on any atom is 0.236 e. The molecular weight excluding hydrogens is 298 g/mol. The Morgan fingerprint density at radius 2 is 2.36 bits per heavy atom. The third-order valence-electron chi connectivity index (χ3n) is 0.768. The normalized spacial score (nSPS) is 9.64. The Bertz CT molecular complexity index is 264. The minimum atomic E-state index is -0.131. The molecule has 0 aliphatic rings. The number of nitrogens with zero attached hydrogens (tertiary/aromatic N) is 2.